The van der Waals surface area contributed by atoms with Crippen molar-refractivity contribution in [1.29, 1.82) is 0 Å². The number of hydrogen-bond acceptors (Lipinski definition) is 4. The highest BCUT2D eigenvalue weighted by Crippen LogP contribution is 2.02. The van der Waals surface area contributed by atoms with E-state index in [4.69, 9.17) is 0 Å². The van der Waals surface area contributed by atoms with Crippen LogP contribution in [-0.2, 0) is 53.6 Å². The van der Waals surface area contributed by atoms with Gasteiger partial charge in [-0.1, -0.05) is 0 Å². The maximum atomic E-state index is 4.60. The number of rotatable bonds is 1. The molecule has 0 nitrogen and oxygen atoms in total. The van der Waals surface area contributed by atoms with Crippen LogP contribution in [-0.4, -0.2) is 0 Å². The molecule has 6 heavy (non-hydrogen) atoms. The normalized spacial score (nSPS) is 8.83. The van der Waals surface area contributed by atoms with E-state index < -0.39 is 12.3 Å². The minimum Gasteiger partial charge on any atom is -0.0413 e. The summed E-state index contributed by atoms with van der Waals surface area (Å²) in [7, 11) is -0.798. The zero-order chi connectivity index (χ0) is 5.15. The fourth-order valence-electron chi connectivity index (χ4n) is 0. The van der Waals surface area contributed by atoms with Gasteiger partial charge in [0.1, 0.15) is 0 Å². The first kappa shape index (κ1) is 7.53. The Hall–Kier alpha value is 1.53. The fraction of sp³-hybridized carbons (Fsp3) is 0. The van der Waals surface area contributed by atoms with Crippen LogP contribution in [0.1, 0.15) is 0 Å². The Labute approximate surface area is 58.0 Å². The maximum Gasteiger partial charge on any atom is 0.0748 e. The molecule has 0 fully saturated rings. The van der Waals surface area contributed by atoms with Crippen LogP contribution in [0.5, 0.6) is 0 Å². The Morgan fingerprint density at radius 3 is 1.33 bits per heavy atom. The minimum atomic E-state index is -0.798. The second-order valence-electron chi connectivity index (χ2n) is 0.476. The Kier molecular flexibility index (Phi) is 4.42. The van der Waals surface area contributed by atoms with Gasteiger partial charge in [-0.3, -0.25) is 0 Å². The van der Waals surface area contributed by atoms with Crippen LogP contribution < -0.4 is 0 Å². The van der Waals surface area contributed by atoms with Gasteiger partial charge in [-0.05, 0) is 53.6 Å². The van der Waals surface area contributed by atoms with E-state index in [1.807, 2.05) is 0 Å². The minimum absolute atomic E-state index is 0.798. The van der Waals surface area contributed by atoms with Crippen molar-refractivity contribution in [2.45, 2.75) is 0 Å². The van der Waals surface area contributed by atoms with Gasteiger partial charge in [-0.15, -0.1) is 0 Å². The first-order valence-electron chi connectivity index (χ1n) is 0.930. The van der Waals surface area contributed by atoms with Crippen molar-refractivity contribution in [2.24, 2.45) is 0 Å². The monoisotopic (exact) mass is 192 g/mol. The molecule has 0 amide bonds. The van der Waals surface area contributed by atoms with Crippen molar-refractivity contribution >= 4 is 58.3 Å². The van der Waals surface area contributed by atoms with Gasteiger partial charge in [0.2, 0.25) is 0 Å². The highest BCUT2D eigenvalue weighted by molar-refractivity contribution is 8.85. The van der Waals surface area contributed by atoms with Crippen LogP contribution in [0.15, 0.2) is 0 Å². The Bertz CT molecular complexity index is 121. The molecule has 0 aromatic rings. The summed E-state index contributed by atoms with van der Waals surface area (Å²) >= 11 is 18.4. The number of hydrogen-bond donors (Lipinski definition) is 1. The standard InChI is InChI=1S/HPS5/c2-1(3)6(4)5/h6H. The van der Waals surface area contributed by atoms with Crippen LogP contribution in [0, 0.1) is 0 Å². The molecule has 0 unspecified atom stereocenters. The molecule has 6 heteroatoms. The lowest BCUT2D eigenvalue weighted by atomic mass is 29.9. The molecule has 0 spiro atoms. The Morgan fingerprint density at radius 2 is 1.33 bits per heavy atom. The largest absolute Gasteiger partial charge is 0.0748 e. The van der Waals surface area contributed by atoms with Crippen molar-refractivity contribution in [1.82, 2.24) is 0 Å². The van der Waals surface area contributed by atoms with E-state index in [0.29, 0.717) is 0 Å². The van der Waals surface area contributed by atoms with Crippen molar-refractivity contribution < 1.29 is 0 Å². The second-order valence-corrected chi connectivity index (χ2v) is 12.8. The van der Waals surface area contributed by atoms with Gasteiger partial charge in [0.25, 0.3) is 0 Å². The second kappa shape index (κ2) is 3.52. The van der Waals surface area contributed by atoms with Crippen LogP contribution in [0.3, 0.4) is 0 Å². The fourth-order valence-corrected chi connectivity index (χ4v) is 0. The first-order valence-corrected chi connectivity index (χ1v) is 8.37. The lowest BCUT2D eigenvalue weighted by molar-refractivity contribution is 5.56. The van der Waals surface area contributed by atoms with E-state index in [-0.39, 0.29) is 0 Å². The molecule has 0 rings (SSSR count). The van der Waals surface area contributed by atoms with Crippen molar-refractivity contribution in [3.05, 3.63) is 0 Å². The summed E-state index contributed by atoms with van der Waals surface area (Å²) in [6.45, 7) is 0. The zero-order valence-electron chi connectivity index (χ0n) is 2.53. The quantitative estimate of drug-likeness (QED) is 0.476. The van der Waals surface area contributed by atoms with Gasteiger partial charge in [-0.2, -0.15) is 0 Å². The molecule has 0 saturated carbocycles. The molecule has 0 heterocycles. The zero-order valence-corrected chi connectivity index (χ0v) is 7.58. The van der Waals surface area contributed by atoms with Crippen LogP contribution >= 0.6 is 4.67 Å². The van der Waals surface area contributed by atoms with E-state index in [1.54, 1.807) is 0 Å². The summed E-state index contributed by atoms with van der Waals surface area (Å²) in [5.41, 5.74) is 0. The highest BCUT2D eigenvalue weighted by Gasteiger charge is 1.62. The van der Waals surface area contributed by atoms with E-state index in [0.717, 1.165) is 0 Å². The molecule has 0 aliphatic carbocycles. The molecule has 0 radical (unpaired) electrons. The Morgan fingerprint density at radius 1 is 1.17 bits per heavy atom. The summed E-state index contributed by atoms with van der Waals surface area (Å²) in [6, 6.07) is 0. The van der Waals surface area contributed by atoms with Gasteiger partial charge in [0, 0.05) is 0 Å². The SMILES string of the molecule is S=P(=S)[SH](=S)=S. The average Bonchev–Trinajstić information content (AvgIpc) is 1.36. The van der Waals surface area contributed by atoms with Gasteiger partial charge < -0.3 is 0 Å². The molecule has 0 aromatic heterocycles. The van der Waals surface area contributed by atoms with Crippen molar-refractivity contribution in [3.63, 3.8) is 0 Å². The lowest BCUT2D eigenvalue weighted by Gasteiger charge is -1.62. The summed E-state index contributed by atoms with van der Waals surface area (Å²) in [5.74, 6) is 0. The molecular weight excluding hydrogens is 191 g/mol. The summed E-state index contributed by atoms with van der Waals surface area (Å²) in [6.07, 6.45) is 0. The van der Waals surface area contributed by atoms with Gasteiger partial charge in [0.15, 0.2) is 0 Å². The van der Waals surface area contributed by atoms with E-state index in [1.165, 1.54) is 0 Å². The molecule has 0 aromatic carbocycles. The summed E-state index contributed by atoms with van der Waals surface area (Å²) in [5, 5.41) is 0. The van der Waals surface area contributed by atoms with Gasteiger partial charge in [0.05, 0.1) is 4.67 Å². The average molecular weight is 192 g/mol. The van der Waals surface area contributed by atoms with Crippen molar-refractivity contribution in [3.8, 4) is 0 Å². The third-order valence-electron chi connectivity index (χ3n) is 0.133. The van der Waals surface area contributed by atoms with Crippen LogP contribution in [0.4, 0.5) is 0 Å². The molecule has 36 valence electrons. The van der Waals surface area contributed by atoms with E-state index in [9.17, 15) is 0 Å². The first-order chi connectivity index (χ1) is 2.64. The topological polar surface area (TPSA) is 0 Å². The predicted molar refractivity (Wildman–Crippen MR) is 45.1 cm³/mol. The molecule has 0 aliphatic rings. The van der Waals surface area contributed by atoms with Crippen LogP contribution in [0.25, 0.3) is 0 Å². The third-order valence-corrected chi connectivity index (χ3v) is 10.8. The highest BCUT2D eigenvalue weighted by atomic mass is 33.4. The number of thiol groups is 1. The lowest BCUT2D eigenvalue weighted by Crippen LogP contribution is -1.38. The predicted octanol–water partition coefficient (Wildman–Crippen LogP) is 0.582. The maximum absolute atomic E-state index is 4.60. The van der Waals surface area contributed by atoms with E-state index >= 15 is 0 Å². The molecule has 0 atom stereocenters. The summed E-state index contributed by atoms with van der Waals surface area (Å²) in [4.78, 5) is 0. The third kappa shape index (κ3) is 3.71. The van der Waals surface area contributed by atoms with Gasteiger partial charge >= 0.3 is 0 Å². The molecular formula is HPS5. The summed E-state index contributed by atoms with van der Waals surface area (Å²) < 4.78 is -0.798. The molecule has 0 bridgehead atoms. The van der Waals surface area contributed by atoms with Gasteiger partial charge in [-0.25, -0.2) is 0 Å². The van der Waals surface area contributed by atoms with Crippen LogP contribution in [0.2, 0.25) is 0 Å². The molecule has 0 saturated heterocycles. The van der Waals surface area contributed by atoms with Crippen molar-refractivity contribution in [2.75, 3.05) is 0 Å². The smallest absolute Gasteiger partial charge is 0.0413 e. The molecule has 0 N–H and O–H groups in total. The Balaban J connectivity index is 4.38. The molecule has 0 aliphatic heterocycles. The van der Waals surface area contributed by atoms with E-state index in [2.05, 4.69) is 46.0 Å².